The quantitative estimate of drug-likeness (QED) is 0.711. The number of nitrogens with two attached hydrogens (primary N) is 1. The standard InChI is InChI=1S/C13H19N3O3/c1-9-3-4-10(15-13(18)8-19-2)7-11(9)16-12(17)5-6-14/h3-4,7H,5-6,8,14H2,1-2H3,(H,15,18)(H,16,17). The molecule has 0 saturated heterocycles. The molecule has 104 valence electrons. The van der Waals surface area contributed by atoms with E-state index in [9.17, 15) is 9.59 Å². The van der Waals surface area contributed by atoms with Crippen molar-refractivity contribution in [2.45, 2.75) is 13.3 Å². The van der Waals surface area contributed by atoms with Gasteiger partial charge < -0.3 is 21.1 Å². The van der Waals surface area contributed by atoms with Gasteiger partial charge in [-0.2, -0.15) is 0 Å². The number of carbonyl (C=O) groups is 2. The van der Waals surface area contributed by atoms with Gasteiger partial charge in [0.15, 0.2) is 0 Å². The third kappa shape index (κ3) is 5.07. The number of nitrogens with one attached hydrogen (secondary N) is 2. The van der Waals surface area contributed by atoms with Gasteiger partial charge in [0.25, 0.3) is 0 Å². The monoisotopic (exact) mass is 265 g/mol. The lowest BCUT2D eigenvalue weighted by Crippen LogP contribution is -2.18. The fourth-order valence-corrected chi connectivity index (χ4v) is 1.51. The predicted octanol–water partition coefficient (Wildman–Crippen LogP) is 0.867. The van der Waals surface area contributed by atoms with E-state index in [4.69, 9.17) is 10.5 Å². The van der Waals surface area contributed by atoms with E-state index in [-0.39, 0.29) is 24.8 Å². The maximum Gasteiger partial charge on any atom is 0.250 e. The maximum absolute atomic E-state index is 11.5. The molecule has 0 radical (unpaired) electrons. The van der Waals surface area contributed by atoms with Gasteiger partial charge in [0, 0.05) is 31.5 Å². The van der Waals surface area contributed by atoms with Crippen LogP contribution in [0.2, 0.25) is 0 Å². The number of amides is 2. The van der Waals surface area contributed by atoms with Gasteiger partial charge in [-0.15, -0.1) is 0 Å². The number of aryl methyl sites for hydroxylation is 1. The first kappa shape index (κ1) is 15.1. The Morgan fingerprint density at radius 1 is 1.26 bits per heavy atom. The summed E-state index contributed by atoms with van der Waals surface area (Å²) in [5.74, 6) is -0.392. The summed E-state index contributed by atoms with van der Waals surface area (Å²) in [7, 11) is 1.45. The Kier molecular flexibility index (Phi) is 5.98. The van der Waals surface area contributed by atoms with E-state index < -0.39 is 0 Å². The summed E-state index contributed by atoms with van der Waals surface area (Å²) in [6.45, 7) is 2.16. The van der Waals surface area contributed by atoms with Crippen LogP contribution in [0.15, 0.2) is 18.2 Å². The molecule has 4 N–H and O–H groups in total. The second-order valence-electron chi connectivity index (χ2n) is 4.10. The first-order valence-corrected chi connectivity index (χ1v) is 5.96. The highest BCUT2D eigenvalue weighted by molar-refractivity contribution is 5.95. The van der Waals surface area contributed by atoms with Gasteiger partial charge in [0.05, 0.1) is 0 Å². The van der Waals surface area contributed by atoms with Crippen LogP contribution in [0.5, 0.6) is 0 Å². The molecular formula is C13H19N3O3. The van der Waals surface area contributed by atoms with Gasteiger partial charge >= 0.3 is 0 Å². The van der Waals surface area contributed by atoms with E-state index in [1.54, 1.807) is 12.1 Å². The Hall–Kier alpha value is -1.92. The van der Waals surface area contributed by atoms with Crippen LogP contribution in [0.1, 0.15) is 12.0 Å². The van der Waals surface area contributed by atoms with Crippen LogP contribution in [0.4, 0.5) is 11.4 Å². The molecule has 1 aromatic rings. The van der Waals surface area contributed by atoms with Crippen molar-refractivity contribution in [3.8, 4) is 0 Å². The zero-order chi connectivity index (χ0) is 14.3. The summed E-state index contributed by atoms with van der Waals surface area (Å²) in [6.07, 6.45) is 0.264. The minimum absolute atomic E-state index is 0.0112. The summed E-state index contributed by atoms with van der Waals surface area (Å²) < 4.78 is 4.73. The van der Waals surface area contributed by atoms with Crippen LogP contribution in [0.3, 0.4) is 0 Å². The number of methoxy groups -OCH3 is 1. The van der Waals surface area contributed by atoms with E-state index >= 15 is 0 Å². The van der Waals surface area contributed by atoms with Crippen molar-refractivity contribution in [1.82, 2.24) is 0 Å². The Morgan fingerprint density at radius 3 is 2.63 bits per heavy atom. The lowest BCUT2D eigenvalue weighted by Gasteiger charge is -2.11. The normalized spacial score (nSPS) is 10.1. The molecule has 0 fully saturated rings. The summed E-state index contributed by atoms with van der Waals surface area (Å²) in [5.41, 5.74) is 7.50. The molecule has 1 rings (SSSR count). The molecular weight excluding hydrogens is 246 g/mol. The smallest absolute Gasteiger partial charge is 0.250 e. The Morgan fingerprint density at radius 2 is 2.00 bits per heavy atom. The predicted molar refractivity (Wildman–Crippen MR) is 74.0 cm³/mol. The Labute approximate surface area is 112 Å². The molecule has 0 atom stereocenters. The summed E-state index contributed by atoms with van der Waals surface area (Å²) in [4.78, 5) is 22.9. The van der Waals surface area contributed by atoms with Crippen molar-refractivity contribution in [2.24, 2.45) is 5.73 Å². The Bertz CT molecular complexity index is 460. The minimum Gasteiger partial charge on any atom is -0.375 e. The lowest BCUT2D eigenvalue weighted by molar-refractivity contribution is -0.119. The molecule has 1 aromatic carbocycles. The fraction of sp³-hybridized carbons (Fsp3) is 0.385. The number of carbonyl (C=O) groups excluding carboxylic acids is 2. The molecule has 0 unspecified atom stereocenters. The SMILES string of the molecule is COCC(=O)Nc1ccc(C)c(NC(=O)CCN)c1. The first-order chi connectivity index (χ1) is 9.06. The van der Waals surface area contributed by atoms with Crippen molar-refractivity contribution >= 4 is 23.2 Å². The molecule has 0 spiro atoms. The van der Waals surface area contributed by atoms with Crippen molar-refractivity contribution < 1.29 is 14.3 Å². The van der Waals surface area contributed by atoms with Gasteiger partial charge in [-0.1, -0.05) is 6.07 Å². The van der Waals surface area contributed by atoms with Crippen LogP contribution >= 0.6 is 0 Å². The van der Waals surface area contributed by atoms with E-state index in [1.165, 1.54) is 7.11 Å². The minimum atomic E-state index is -0.245. The lowest BCUT2D eigenvalue weighted by atomic mass is 10.1. The largest absolute Gasteiger partial charge is 0.375 e. The number of anilines is 2. The molecule has 0 saturated carbocycles. The van der Waals surface area contributed by atoms with E-state index in [0.717, 1.165) is 5.56 Å². The highest BCUT2D eigenvalue weighted by Crippen LogP contribution is 2.20. The van der Waals surface area contributed by atoms with Gasteiger partial charge in [-0.05, 0) is 24.6 Å². The second-order valence-corrected chi connectivity index (χ2v) is 4.10. The molecule has 0 heterocycles. The molecule has 6 heteroatoms. The number of benzene rings is 1. The van der Waals surface area contributed by atoms with Gasteiger partial charge in [-0.25, -0.2) is 0 Å². The van der Waals surface area contributed by atoms with E-state index in [1.807, 2.05) is 13.0 Å². The number of rotatable bonds is 6. The van der Waals surface area contributed by atoms with Gasteiger partial charge in [0.1, 0.15) is 6.61 Å². The van der Waals surface area contributed by atoms with Gasteiger partial charge in [-0.3, -0.25) is 9.59 Å². The summed E-state index contributed by atoms with van der Waals surface area (Å²) >= 11 is 0. The van der Waals surface area contributed by atoms with Crippen molar-refractivity contribution in [1.29, 1.82) is 0 Å². The highest BCUT2D eigenvalue weighted by atomic mass is 16.5. The Balaban J connectivity index is 2.76. The van der Waals surface area contributed by atoms with Crippen molar-refractivity contribution in [3.05, 3.63) is 23.8 Å². The van der Waals surface area contributed by atoms with Gasteiger partial charge in [0.2, 0.25) is 11.8 Å². The van der Waals surface area contributed by atoms with Crippen LogP contribution in [0, 0.1) is 6.92 Å². The average Bonchev–Trinajstić information content (AvgIpc) is 2.34. The number of ether oxygens (including phenoxy) is 1. The van der Waals surface area contributed by atoms with Crippen molar-refractivity contribution in [3.63, 3.8) is 0 Å². The summed E-state index contributed by atoms with van der Waals surface area (Å²) in [6, 6.07) is 5.29. The summed E-state index contributed by atoms with van der Waals surface area (Å²) in [5, 5.41) is 5.43. The zero-order valence-electron chi connectivity index (χ0n) is 11.2. The van der Waals surface area contributed by atoms with Crippen LogP contribution in [-0.4, -0.2) is 32.1 Å². The molecule has 0 bridgehead atoms. The molecule has 0 aromatic heterocycles. The number of hydrogen-bond acceptors (Lipinski definition) is 4. The van der Waals surface area contributed by atoms with Crippen molar-refractivity contribution in [2.75, 3.05) is 30.9 Å². The number of hydrogen-bond donors (Lipinski definition) is 3. The van der Waals surface area contributed by atoms with Crippen LogP contribution in [-0.2, 0) is 14.3 Å². The van der Waals surface area contributed by atoms with Crippen LogP contribution in [0.25, 0.3) is 0 Å². The molecule has 0 aliphatic rings. The second kappa shape index (κ2) is 7.50. The maximum atomic E-state index is 11.5. The molecule has 0 aliphatic heterocycles. The first-order valence-electron chi connectivity index (χ1n) is 5.96. The van der Waals surface area contributed by atoms with Crippen LogP contribution < -0.4 is 16.4 Å². The average molecular weight is 265 g/mol. The molecule has 19 heavy (non-hydrogen) atoms. The highest BCUT2D eigenvalue weighted by Gasteiger charge is 2.07. The molecule has 2 amide bonds. The molecule has 6 nitrogen and oxygen atoms in total. The fourth-order valence-electron chi connectivity index (χ4n) is 1.51. The topological polar surface area (TPSA) is 93.5 Å². The zero-order valence-corrected chi connectivity index (χ0v) is 11.2. The third-order valence-corrected chi connectivity index (χ3v) is 2.44. The van der Waals surface area contributed by atoms with E-state index in [2.05, 4.69) is 10.6 Å². The van der Waals surface area contributed by atoms with E-state index in [0.29, 0.717) is 17.9 Å². The molecule has 0 aliphatic carbocycles. The third-order valence-electron chi connectivity index (χ3n) is 2.44.